The van der Waals surface area contributed by atoms with Crippen molar-refractivity contribution in [2.45, 2.75) is 44.0 Å². The number of aromatic amines is 1. The van der Waals surface area contributed by atoms with Gasteiger partial charge in [0.25, 0.3) is 0 Å². The Bertz CT molecular complexity index is 2310. The predicted octanol–water partition coefficient (Wildman–Crippen LogP) is 5.02. The first-order chi connectivity index (χ1) is 26.7. The maximum atomic E-state index is 14.3. The van der Waals surface area contributed by atoms with Gasteiger partial charge in [0.2, 0.25) is 17.7 Å². The predicted molar refractivity (Wildman–Crippen MR) is 211 cm³/mol. The van der Waals surface area contributed by atoms with Gasteiger partial charge in [-0.3, -0.25) is 19.6 Å². The second kappa shape index (κ2) is 18.5. The third kappa shape index (κ3) is 11.2. The van der Waals surface area contributed by atoms with Gasteiger partial charge in [-0.25, -0.2) is 9.59 Å². The number of nitrogens with one attached hydrogen (secondary N) is 4. The largest absolute Gasteiger partial charge is 0.493 e. The maximum Gasteiger partial charge on any atom is 0.408 e. The molecule has 0 fully saturated rings. The second-order valence-electron chi connectivity index (χ2n) is 12.8. The quantitative estimate of drug-likeness (QED) is 0.0905. The molecule has 6 rings (SSSR count). The fourth-order valence-electron chi connectivity index (χ4n) is 5.87. The molecule has 0 spiro atoms. The number of aromatic hydroxyl groups is 1. The summed E-state index contributed by atoms with van der Waals surface area (Å²) in [5.74, 6) is -1.50. The molecule has 5 N–H and O–H groups in total. The van der Waals surface area contributed by atoms with Crippen LogP contribution in [0, 0.1) is 0 Å². The molecule has 0 saturated heterocycles. The lowest BCUT2D eigenvalue weighted by molar-refractivity contribution is -0.130. The average Bonchev–Trinajstić information content (AvgIpc) is 3.52. The highest BCUT2D eigenvalue weighted by Crippen LogP contribution is 2.18. The molecule has 0 bridgehead atoms. The summed E-state index contributed by atoms with van der Waals surface area (Å²) in [7, 11) is 0. The Kier molecular flexibility index (Phi) is 12.8. The number of carbonyl (C=O) groups is 3. The zero-order chi connectivity index (χ0) is 38.6. The lowest BCUT2D eigenvalue weighted by atomic mass is 9.99. The highest BCUT2D eigenvalue weighted by Gasteiger charge is 2.29. The smallest absolute Gasteiger partial charge is 0.408 e. The normalized spacial score (nSPS) is 12.8. The first kappa shape index (κ1) is 38.2. The molecule has 0 aliphatic carbocycles. The van der Waals surface area contributed by atoms with Crippen LogP contribution in [0.5, 0.6) is 5.88 Å². The lowest BCUT2D eigenvalue weighted by Crippen LogP contribution is -2.56. The van der Waals surface area contributed by atoms with Crippen LogP contribution in [-0.4, -0.2) is 62.0 Å². The van der Waals surface area contributed by atoms with E-state index in [2.05, 4.69) is 46.9 Å². The monoisotopic (exact) mass is 803 g/mol. The minimum absolute atomic E-state index is 0.0574. The number of aromatic nitrogens is 3. The zero-order valence-corrected chi connectivity index (χ0v) is 31.1. The molecular formula is C41H38BrN7O6. The summed E-state index contributed by atoms with van der Waals surface area (Å²) >= 11 is 3.43. The van der Waals surface area contributed by atoms with Crippen molar-refractivity contribution in [3.8, 4) is 5.88 Å². The molecule has 4 aromatic carbocycles. The molecule has 2 heterocycles. The molecule has 0 radical (unpaired) electrons. The van der Waals surface area contributed by atoms with Gasteiger partial charge in [0.05, 0.1) is 12.2 Å². The van der Waals surface area contributed by atoms with Gasteiger partial charge in [0.15, 0.2) is 0 Å². The van der Waals surface area contributed by atoms with Gasteiger partial charge >= 0.3 is 11.8 Å². The number of imidazole rings is 1. The van der Waals surface area contributed by atoms with Crippen molar-refractivity contribution >= 4 is 50.8 Å². The topological polar surface area (TPSA) is 180 Å². The number of hydrogen-bond acceptors (Lipinski definition) is 8. The van der Waals surface area contributed by atoms with Gasteiger partial charge in [0, 0.05) is 41.5 Å². The van der Waals surface area contributed by atoms with Crippen LogP contribution < -0.4 is 21.6 Å². The van der Waals surface area contributed by atoms with Crippen molar-refractivity contribution < 1.29 is 24.2 Å². The molecule has 3 atom stereocenters. The summed E-state index contributed by atoms with van der Waals surface area (Å²) in [4.78, 5) is 60.1. The lowest BCUT2D eigenvalue weighted by Gasteiger charge is -2.25. The Morgan fingerprint density at radius 2 is 1.44 bits per heavy atom. The number of alkyl carbamates (subject to hydrolysis) is 1. The number of carbonyl (C=O) groups excluding carboxylic acids is 3. The maximum absolute atomic E-state index is 14.3. The van der Waals surface area contributed by atoms with Crippen LogP contribution in [0.3, 0.4) is 0 Å². The van der Waals surface area contributed by atoms with E-state index in [1.807, 2.05) is 97.1 Å². The Labute approximate surface area is 324 Å². The van der Waals surface area contributed by atoms with Crippen LogP contribution in [0.15, 0.2) is 142 Å². The van der Waals surface area contributed by atoms with Crippen LogP contribution in [-0.2, 0) is 40.2 Å². The first-order valence-electron chi connectivity index (χ1n) is 17.4. The molecule has 55 heavy (non-hydrogen) atoms. The van der Waals surface area contributed by atoms with E-state index >= 15 is 0 Å². The van der Waals surface area contributed by atoms with Gasteiger partial charge in [-0.15, -0.1) is 0 Å². The minimum Gasteiger partial charge on any atom is -0.493 e. The Morgan fingerprint density at radius 1 is 0.782 bits per heavy atom. The Hall–Kier alpha value is -6.54. The Morgan fingerprint density at radius 3 is 2.16 bits per heavy atom. The third-order valence-corrected chi connectivity index (χ3v) is 9.15. The molecule has 3 amide bonds. The number of amides is 3. The van der Waals surface area contributed by atoms with Gasteiger partial charge in [-0.2, -0.15) is 9.78 Å². The van der Waals surface area contributed by atoms with E-state index in [0.717, 1.165) is 42.8 Å². The highest BCUT2D eigenvalue weighted by atomic mass is 79.9. The van der Waals surface area contributed by atoms with E-state index in [0.29, 0.717) is 12.0 Å². The number of fused-ring (bicyclic) bond motifs is 1. The van der Waals surface area contributed by atoms with Crippen molar-refractivity contribution in [1.82, 2.24) is 30.6 Å². The van der Waals surface area contributed by atoms with Gasteiger partial charge in [-0.05, 0) is 52.1 Å². The fourth-order valence-corrected chi connectivity index (χ4v) is 6.13. The number of benzene rings is 4. The summed E-state index contributed by atoms with van der Waals surface area (Å²) in [5.41, 5.74) is 2.43. The van der Waals surface area contributed by atoms with Crippen molar-refractivity contribution in [3.05, 3.63) is 165 Å². The van der Waals surface area contributed by atoms with Crippen molar-refractivity contribution in [2.75, 3.05) is 0 Å². The van der Waals surface area contributed by atoms with Crippen molar-refractivity contribution in [3.63, 3.8) is 0 Å². The molecule has 6 aromatic rings. The van der Waals surface area contributed by atoms with Gasteiger partial charge < -0.3 is 25.8 Å². The number of hydrogen-bond donors (Lipinski definition) is 5. The summed E-state index contributed by atoms with van der Waals surface area (Å²) < 4.78 is 7.19. The van der Waals surface area contributed by atoms with Crippen LogP contribution in [0.4, 0.5) is 4.79 Å². The highest BCUT2D eigenvalue weighted by molar-refractivity contribution is 9.10. The number of H-pyrrole nitrogens is 1. The second-order valence-corrected chi connectivity index (χ2v) is 13.7. The van der Waals surface area contributed by atoms with E-state index in [1.54, 1.807) is 24.5 Å². The molecule has 280 valence electrons. The van der Waals surface area contributed by atoms with Gasteiger partial charge in [0.1, 0.15) is 18.7 Å². The summed E-state index contributed by atoms with van der Waals surface area (Å²) in [6.07, 6.45) is 5.39. The summed E-state index contributed by atoms with van der Waals surface area (Å²) in [6.45, 7) is -0.0574. The van der Waals surface area contributed by atoms with Crippen LogP contribution >= 0.6 is 15.9 Å². The molecule has 13 nitrogen and oxygen atoms in total. The molecule has 14 heteroatoms. The van der Waals surface area contributed by atoms with E-state index in [1.165, 1.54) is 6.21 Å². The van der Waals surface area contributed by atoms with Crippen LogP contribution in [0.1, 0.15) is 22.3 Å². The first-order valence-corrected chi connectivity index (χ1v) is 18.2. The molecule has 3 unspecified atom stereocenters. The van der Waals surface area contributed by atoms with Crippen LogP contribution in [0.25, 0.3) is 10.8 Å². The number of rotatable bonds is 15. The summed E-state index contributed by atoms with van der Waals surface area (Å²) in [5, 5.41) is 24.5. The number of halogens is 1. The van der Waals surface area contributed by atoms with Crippen molar-refractivity contribution in [1.29, 1.82) is 0 Å². The van der Waals surface area contributed by atoms with E-state index < -0.39 is 41.7 Å². The molecule has 0 aliphatic rings. The number of ether oxygens (including phenoxy) is 1. The molecule has 2 aromatic heterocycles. The molecule has 0 aliphatic heterocycles. The van der Waals surface area contributed by atoms with E-state index in [4.69, 9.17) is 4.74 Å². The molecule has 0 saturated carbocycles. The van der Waals surface area contributed by atoms with Crippen LogP contribution in [0.2, 0.25) is 0 Å². The summed E-state index contributed by atoms with van der Waals surface area (Å²) in [6, 6.07) is 30.8. The fraction of sp³-hybridized carbons (Fsp3) is 0.171. The average molecular weight is 805 g/mol. The van der Waals surface area contributed by atoms with E-state index in [9.17, 15) is 24.3 Å². The standard InChI is InChI=1S/C41H38BrN7O6/c42-33-16-13-28(14-17-33)21-36(47-41(54)55-26-30-9-6-18-43-23-30)39(52)46-35(22-29-12-15-31-10-4-5-11-32(31)19-29)38(51)45-34(20-27-7-2-1-3-8-27)24-44-49-25-37(50)48-40(49)53/h1-19,23-25,34-36,50H,20-22,26H2,(H,45,51)(H,46,52)(H,47,54)(H,48,53). The van der Waals surface area contributed by atoms with Crippen molar-refractivity contribution in [2.24, 2.45) is 5.10 Å². The number of nitrogens with zero attached hydrogens (tertiary/aromatic N) is 3. The zero-order valence-electron chi connectivity index (χ0n) is 29.5. The van der Waals surface area contributed by atoms with Gasteiger partial charge in [-0.1, -0.05) is 107 Å². The Balaban J connectivity index is 1.27. The number of pyridine rings is 1. The third-order valence-electron chi connectivity index (χ3n) is 8.63. The molecular weight excluding hydrogens is 766 g/mol. The SMILES string of the molecule is O=C(NC(Cc1ccc(Br)cc1)C(=O)NC(Cc1ccc2ccccc2c1)C(=O)NC(C=Nn1cc(O)[nH]c1=O)Cc1ccccc1)OCc1cccnc1. The van der Waals surface area contributed by atoms with E-state index in [-0.39, 0.29) is 25.3 Å². The minimum atomic E-state index is -1.12.